The molecule has 0 saturated heterocycles. The molecule has 0 aliphatic heterocycles. The van der Waals surface area contributed by atoms with Crippen LogP contribution in [0.4, 0.5) is 5.69 Å². The summed E-state index contributed by atoms with van der Waals surface area (Å²) in [4.78, 5) is 12.5. The normalized spacial score (nSPS) is 12.0. The molecule has 0 saturated carbocycles. The third kappa shape index (κ3) is 3.59. The SMILES string of the molecule is COc1cc2c(cc1NC(=O)CN(C)S(=O)(=O)c1cccs1)oc1ccccc12. The second-order valence-electron chi connectivity index (χ2n) is 6.39. The fraction of sp³-hybridized carbons (Fsp3) is 0.150. The Labute approximate surface area is 171 Å². The molecule has 29 heavy (non-hydrogen) atoms. The van der Waals surface area contributed by atoms with E-state index in [0.29, 0.717) is 17.0 Å². The van der Waals surface area contributed by atoms with E-state index >= 15 is 0 Å². The van der Waals surface area contributed by atoms with Gasteiger partial charge in [0.05, 0.1) is 19.3 Å². The summed E-state index contributed by atoms with van der Waals surface area (Å²) in [5.74, 6) is -0.0254. The van der Waals surface area contributed by atoms with Crippen molar-refractivity contribution >= 4 is 54.9 Å². The predicted molar refractivity (Wildman–Crippen MR) is 113 cm³/mol. The van der Waals surface area contributed by atoms with Crippen LogP contribution in [0.2, 0.25) is 0 Å². The van der Waals surface area contributed by atoms with Crippen molar-refractivity contribution in [1.29, 1.82) is 0 Å². The molecule has 0 bridgehead atoms. The van der Waals surface area contributed by atoms with Gasteiger partial charge in [0.1, 0.15) is 21.1 Å². The van der Waals surface area contributed by atoms with Gasteiger partial charge in [0.15, 0.2) is 0 Å². The number of nitrogens with one attached hydrogen (secondary N) is 1. The summed E-state index contributed by atoms with van der Waals surface area (Å²) in [7, 11) is -0.834. The molecule has 2 heterocycles. The monoisotopic (exact) mass is 430 g/mol. The van der Waals surface area contributed by atoms with E-state index in [4.69, 9.17) is 9.15 Å². The molecule has 0 aliphatic rings. The van der Waals surface area contributed by atoms with Gasteiger partial charge in [-0.1, -0.05) is 24.3 Å². The van der Waals surface area contributed by atoms with E-state index in [1.54, 1.807) is 23.6 Å². The van der Waals surface area contributed by atoms with Gasteiger partial charge in [0, 0.05) is 23.9 Å². The van der Waals surface area contributed by atoms with E-state index in [1.165, 1.54) is 20.2 Å². The zero-order valence-corrected chi connectivity index (χ0v) is 17.3. The first kappa shape index (κ1) is 19.4. The Hall–Kier alpha value is -2.88. The summed E-state index contributed by atoms with van der Waals surface area (Å²) in [6.45, 7) is -0.332. The predicted octanol–water partition coefficient (Wildman–Crippen LogP) is 3.92. The van der Waals surface area contributed by atoms with Crippen LogP contribution < -0.4 is 10.1 Å². The number of para-hydroxylation sites is 1. The highest BCUT2D eigenvalue weighted by molar-refractivity contribution is 7.91. The highest BCUT2D eigenvalue weighted by Crippen LogP contribution is 2.36. The maximum atomic E-state index is 12.5. The van der Waals surface area contributed by atoms with Crippen molar-refractivity contribution in [3.8, 4) is 5.75 Å². The summed E-state index contributed by atoms with van der Waals surface area (Å²) in [6, 6.07) is 14.3. The van der Waals surface area contributed by atoms with Crippen LogP contribution in [0.1, 0.15) is 0 Å². The van der Waals surface area contributed by atoms with Crippen LogP contribution in [0, 0.1) is 0 Å². The molecule has 4 rings (SSSR count). The van der Waals surface area contributed by atoms with Crippen molar-refractivity contribution in [2.24, 2.45) is 0 Å². The number of carbonyl (C=O) groups excluding carboxylic acids is 1. The van der Waals surface area contributed by atoms with Crippen molar-refractivity contribution in [3.63, 3.8) is 0 Å². The fourth-order valence-electron chi connectivity index (χ4n) is 3.06. The van der Waals surface area contributed by atoms with Gasteiger partial charge in [0.2, 0.25) is 5.91 Å². The number of sulfonamides is 1. The van der Waals surface area contributed by atoms with E-state index < -0.39 is 15.9 Å². The zero-order valence-electron chi connectivity index (χ0n) is 15.7. The number of hydrogen-bond donors (Lipinski definition) is 1. The number of furan rings is 1. The summed E-state index contributed by atoms with van der Waals surface area (Å²) in [6.07, 6.45) is 0. The number of ether oxygens (including phenoxy) is 1. The highest BCUT2D eigenvalue weighted by Gasteiger charge is 2.24. The van der Waals surface area contributed by atoms with Gasteiger partial charge in [-0.25, -0.2) is 8.42 Å². The van der Waals surface area contributed by atoms with Gasteiger partial charge in [0.25, 0.3) is 10.0 Å². The maximum Gasteiger partial charge on any atom is 0.252 e. The number of amides is 1. The Bertz CT molecular complexity index is 1290. The van der Waals surface area contributed by atoms with E-state index in [-0.39, 0.29) is 10.8 Å². The van der Waals surface area contributed by atoms with Gasteiger partial charge < -0.3 is 14.5 Å². The molecular formula is C20H18N2O5S2. The van der Waals surface area contributed by atoms with Gasteiger partial charge >= 0.3 is 0 Å². The molecule has 0 fully saturated rings. The standard InChI is InChI=1S/C20H18N2O5S2/c1-22(29(24,25)20-8-5-9-28-20)12-19(23)21-15-11-17-14(10-18(15)26-2)13-6-3-4-7-16(13)27-17/h3-11H,12H2,1-2H3,(H,21,23). The molecule has 0 atom stereocenters. The van der Waals surface area contributed by atoms with Crippen LogP contribution >= 0.6 is 11.3 Å². The third-order valence-corrected chi connectivity index (χ3v) is 7.68. The number of hydrogen-bond acceptors (Lipinski definition) is 6. The van der Waals surface area contributed by atoms with Gasteiger partial charge in [-0.15, -0.1) is 11.3 Å². The number of anilines is 1. The fourth-order valence-corrected chi connectivity index (χ4v) is 5.39. The van der Waals surface area contributed by atoms with E-state index in [9.17, 15) is 13.2 Å². The van der Waals surface area contributed by atoms with Crippen LogP contribution in [0.25, 0.3) is 21.9 Å². The number of likely N-dealkylation sites (N-methyl/N-ethyl adjacent to an activating group) is 1. The summed E-state index contributed by atoms with van der Waals surface area (Å²) in [5.41, 5.74) is 1.74. The smallest absolute Gasteiger partial charge is 0.252 e. The average molecular weight is 431 g/mol. The lowest BCUT2D eigenvalue weighted by molar-refractivity contribution is -0.116. The molecule has 1 amide bonds. The van der Waals surface area contributed by atoms with Crippen LogP contribution in [0.3, 0.4) is 0 Å². The second kappa shape index (κ2) is 7.51. The molecule has 0 aliphatic carbocycles. The molecule has 9 heteroatoms. The first-order valence-electron chi connectivity index (χ1n) is 8.69. The molecule has 0 radical (unpaired) electrons. The number of benzene rings is 2. The molecular weight excluding hydrogens is 412 g/mol. The Morgan fingerprint density at radius 3 is 2.66 bits per heavy atom. The van der Waals surface area contributed by atoms with Crippen molar-refractivity contribution in [2.75, 3.05) is 26.0 Å². The number of rotatable bonds is 6. The molecule has 4 aromatic rings. The number of methoxy groups -OCH3 is 1. The van der Waals surface area contributed by atoms with Gasteiger partial charge in [-0.2, -0.15) is 4.31 Å². The molecule has 1 N–H and O–H groups in total. The van der Waals surface area contributed by atoms with E-state index in [0.717, 1.165) is 32.0 Å². The molecule has 2 aromatic heterocycles. The summed E-state index contributed by atoms with van der Waals surface area (Å²) in [5, 5.41) is 6.21. The first-order valence-corrected chi connectivity index (χ1v) is 11.0. The van der Waals surface area contributed by atoms with E-state index in [1.807, 2.05) is 24.3 Å². The topological polar surface area (TPSA) is 88.9 Å². The van der Waals surface area contributed by atoms with Crippen LogP contribution in [0.5, 0.6) is 5.75 Å². The second-order valence-corrected chi connectivity index (χ2v) is 9.61. The Morgan fingerprint density at radius 1 is 1.14 bits per heavy atom. The maximum absolute atomic E-state index is 12.5. The lowest BCUT2D eigenvalue weighted by Gasteiger charge is -2.16. The van der Waals surface area contributed by atoms with Crippen molar-refractivity contribution in [1.82, 2.24) is 4.31 Å². The Balaban J connectivity index is 1.60. The molecule has 2 aromatic carbocycles. The first-order chi connectivity index (χ1) is 13.9. The van der Waals surface area contributed by atoms with Crippen LogP contribution in [0.15, 0.2) is 62.5 Å². The minimum absolute atomic E-state index is 0.189. The Kier molecular flexibility index (Phi) is 5.03. The van der Waals surface area contributed by atoms with Crippen molar-refractivity contribution in [3.05, 3.63) is 53.9 Å². The zero-order chi connectivity index (χ0) is 20.6. The lowest BCUT2D eigenvalue weighted by atomic mass is 10.1. The molecule has 7 nitrogen and oxygen atoms in total. The largest absolute Gasteiger partial charge is 0.495 e. The van der Waals surface area contributed by atoms with Crippen LogP contribution in [-0.4, -0.2) is 39.3 Å². The minimum Gasteiger partial charge on any atom is -0.495 e. The van der Waals surface area contributed by atoms with Crippen molar-refractivity contribution < 1.29 is 22.4 Å². The Morgan fingerprint density at radius 2 is 1.93 bits per heavy atom. The number of fused-ring (bicyclic) bond motifs is 3. The summed E-state index contributed by atoms with van der Waals surface area (Å²) < 4.78 is 37.5. The van der Waals surface area contributed by atoms with Gasteiger partial charge in [-0.05, 0) is 23.6 Å². The molecule has 0 spiro atoms. The third-order valence-electron chi connectivity index (χ3n) is 4.50. The number of carbonyl (C=O) groups is 1. The molecule has 150 valence electrons. The van der Waals surface area contributed by atoms with E-state index in [2.05, 4.69) is 5.32 Å². The highest BCUT2D eigenvalue weighted by atomic mass is 32.2. The number of nitrogens with zero attached hydrogens (tertiary/aromatic N) is 1. The number of thiophene rings is 1. The average Bonchev–Trinajstić information content (AvgIpc) is 3.35. The summed E-state index contributed by atoms with van der Waals surface area (Å²) >= 11 is 1.10. The van der Waals surface area contributed by atoms with Crippen molar-refractivity contribution in [2.45, 2.75) is 4.21 Å². The lowest BCUT2D eigenvalue weighted by Crippen LogP contribution is -2.34. The molecule has 0 unspecified atom stereocenters. The van der Waals surface area contributed by atoms with Gasteiger partial charge in [-0.3, -0.25) is 4.79 Å². The minimum atomic E-state index is -3.71. The quantitative estimate of drug-likeness (QED) is 0.501. The van der Waals surface area contributed by atoms with Crippen LogP contribution in [-0.2, 0) is 14.8 Å².